The van der Waals surface area contributed by atoms with Crippen LogP contribution < -0.4 is 0 Å². The van der Waals surface area contributed by atoms with Gasteiger partial charge in [0.2, 0.25) is 0 Å². The molecule has 2 aromatic carbocycles. The lowest BCUT2D eigenvalue weighted by Crippen LogP contribution is -2.47. The summed E-state index contributed by atoms with van der Waals surface area (Å²) in [5, 5.41) is 10.6. The number of hydrogen-bond donors (Lipinski definition) is 1. The topological polar surface area (TPSA) is 37.3 Å². The summed E-state index contributed by atoms with van der Waals surface area (Å²) < 4.78 is 0. The van der Waals surface area contributed by atoms with Gasteiger partial charge in [-0.1, -0.05) is 59.6 Å². The number of carboxylic acids is 1. The van der Waals surface area contributed by atoms with E-state index in [0.717, 1.165) is 0 Å². The monoisotopic (exact) mass is 320 g/mol. The zero-order valence-electron chi connectivity index (χ0n) is 11.2. The standard InChI is InChI=1S/C17H14Cl2O2/c18-13-6-7-14(15(19)8-13)17(16(20)21)9-12(10-17)11-4-2-1-3-5-11/h1-8,12H,9-10H2,(H,20,21). The molecule has 0 aromatic heterocycles. The second kappa shape index (κ2) is 5.36. The van der Waals surface area contributed by atoms with Crippen molar-refractivity contribution in [3.8, 4) is 0 Å². The van der Waals surface area contributed by atoms with Crippen LogP contribution in [-0.2, 0) is 10.2 Å². The molecule has 1 aliphatic carbocycles. The number of benzene rings is 2. The molecule has 108 valence electrons. The van der Waals surface area contributed by atoms with Gasteiger partial charge in [-0.2, -0.15) is 0 Å². The van der Waals surface area contributed by atoms with E-state index in [-0.39, 0.29) is 5.92 Å². The normalized spacial score (nSPS) is 24.4. The summed E-state index contributed by atoms with van der Waals surface area (Å²) in [4.78, 5) is 11.8. The average Bonchev–Trinajstić information content (AvgIpc) is 2.40. The van der Waals surface area contributed by atoms with Crippen molar-refractivity contribution in [3.63, 3.8) is 0 Å². The SMILES string of the molecule is O=C(O)C1(c2ccc(Cl)cc2Cl)CC(c2ccccc2)C1. The van der Waals surface area contributed by atoms with Crippen LogP contribution in [0.1, 0.15) is 29.9 Å². The molecule has 0 amide bonds. The van der Waals surface area contributed by atoms with Crippen molar-refractivity contribution >= 4 is 29.2 Å². The molecular weight excluding hydrogens is 307 g/mol. The quantitative estimate of drug-likeness (QED) is 0.873. The van der Waals surface area contributed by atoms with Gasteiger partial charge in [-0.05, 0) is 42.0 Å². The summed E-state index contributed by atoms with van der Waals surface area (Å²) >= 11 is 12.1. The molecule has 1 N–H and O–H groups in total. The molecular formula is C17H14Cl2O2. The minimum Gasteiger partial charge on any atom is -0.481 e. The molecule has 1 fully saturated rings. The summed E-state index contributed by atoms with van der Waals surface area (Å²) in [7, 11) is 0. The van der Waals surface area contributed by atoms with Crippen LogP contribution in [0.3, 0.4) is 0 Å². The van der Waals surface area contributed by atoms with Crippen LogP contribution in [0.2, 0.25) is 10.0 Å². The molecule has 0 aliphatic heterocycles. The summed E-state index contributed by atoms with van der Waals surface area (Å²) in [6, 6.07) is 15.0. The first-order valence-corrected chi connectivity index (χ1v) is 7.52. The lowest BCUT2D eigenvalue weighted by atomic mass is 9.57. The Hall–Kier alpha value is -1.51. The molecule has 2 nitrogen and oxygen atoms in total. The molecule has 3 rings (SSSR count). The van der Waals surface area contributed by atoms with Crippen LogP contribution in [0.15, 0.2) is 48.5 Å². The Labute approximate surface area is 133 Å². The van der Waals surface area contributed by atoms with E-state index in [1.54, 1.807) is 18.2 Å². The van der Waals surface area contributed by atoms with Gasteiger partial charge in [0.25, 0.3) is 0 Å². The number of carboxylic acid groups (broad SMARTS) is 1. The van der Waals surface area contributed by atoms with Crippen molar-refractivity contribution in [1.29, 1.82) is 0 Å². The van der Waals surface area contributed by atoms with Gasteiger partial charge in [0.05, 0.1) is 5.41 Å². The molecule has 0 radical (unpaired) electrons. The molecule has 1 aliphatic rings. The van der Waals surface area contributed by atoms with Crippen molar-refractivity contribution in [2.75, 3.05) is 0 Å². The van der Waals surface area contributed by atoms with Crippen molar-refractivity contribution < 1.29 is 9.90 Å². The first kappa shape index (κ1) is 14.4. The van der Waals surface area contributed by atoms with Gasteiger partial charge in [0, 0.05) is 10.0 Å². The first-order chi connectivity index (χ1) is 10.0. The third kappa shape index (κ3) is 2.43. The molecule has 0 unspecified atom stereocenters. The highest BCUT2D eigenvalue weighted by Gasteiger charge is 2.52. The van der Waals surface area contributed by atoms with Crippen LogP contribution >= 0.6 is 23.2 Å². The van der Waals surface area contributed by atoms with Crippen LogP contribution in [0, 0.1) is 0 Å². The van der Waals surface area contributed by atoms with E-state index in [2.05, 4.69) is 0 Å². The molecule has 0 bridgehead atoms. The van der Waals surface area contributed by atoms with Gasteiger partial charge >= 0.3 is 5.97 Å². The highest BCUT2D eigenvalue weighted by molar-refractivity contribution is 6.35. The predicted octanol–water partition coefficient (Wildman–Crippen LogP) is 4.89. The molecule has 4 heteroatoms. The minimum atomic E-state index is -0.901. The largest absolute Gasteiger partial charge is 0.481 e. The maximum atomic E-state index is 11.8. The van der Waals surface area contributed by atoms with Gasteiger partial charge in [0.15, 0.2) is 0 Å². The molecule has 0 spiro atoms. The van der Waals surface area contributed by atoms with Gasteiger partial charge < -0.3 is 5.11 Å². The van der Waals surface area contributed by atoms with Crippen molar-refractivity contribution in [2.45, 2.75) is 24.2 Å². The van der Waals surface area contributed by atoms with E-state index in [0.29, 0.717) is 28.5 Å². The Morgan fingerprint density at radius 3 is 2.33 bits per heavy atom. The van der Waals surface area contributed by atoms with E-state index < -0.39 is 11.4 Å². The van der Waals surface area contributed by atoms with E-state index in [4.69, 9.17) is 23.2 Å². The summed E-state index contributed by atoms with van der Waals surface area (Å²) in [5.41, 5.74) is 0.940. The first-order valence-electron chi connectivity index (χ1n) is 6.77. The van der Waals surface area contributed by atoms with Gasteiger partial charge in [-0.15, -0.1) is 0 Å². The third-order valence-electron chi connectivity index (χ3n) is 4.32. The van der Waals surface area contributed by atoms with Gasteiger partial charge in [-0.25, -0.2) is 0 Å². The number of carbonyl (C=O) groups is 1. The molecule has 1 saturated carbocycles. The Morgan fingerprint density at radius 2 is 1.76 bits per heavy atom. The van der Waals surface area contributed by atoms with Gasteiger partial charge in [0.1, 0.15) is 0 Å². The second-order valence-corrected chi connectivity index (χ2v) is 6.37. The highest BCUT2D eigenvalue weighted by Crippen LogP contribution is 2.54. The molecule has 0 heterocycles. The predicted molar refractivity (Wildman–Crippen MR) is 84.2 cm³/mol. The molecule has 2 aromatic rings. The summed E-state index contributed by atoms with van der Waals surface area (Å²) in [6.07, 6.45) is 1.13. The zero-order valence-corrected chi connectivity index (χ0v) is 12.7. The summed E-state index contributed by atoms with van der Waals surface area (Å²) in [5.74, 6) is -0.562. The summed E-state index contributed by atoms with van der Waals surface area (Å²) in [6.45, 7) is 0. The Morgan fingerprint density at radius 1 is 1.10 bits per heavy atom. The number of aliphatic carboxylic acids is 1. The van der Waals surface area contributed by atoms with Crippen LogP contribution in [-0.4, -0.2) is 11.1 Å². The van der Waals surface area contributed by atoms with E-state index in [1.165, 1.54) is 5.56 Å². The fourth-order valence-corrected chi connectivity index (χ4v) is 3.72. The minimum absolute atomic E-state index is 0.258. The van der Waals surface area contributed by atoms with Gasteiger partial charge in [-0.3, -0.25) is 4.79 Å². The molecule has 0 atom stereocenters. The van der Waals surface area contributed by atoms with Crippen molar-refractivity contribution in [1.82, 2.24) is 0 Å². The third-order valence-corrected chi connectivity index (χ3v) is 4.86. The zero-order chi connectivity index (χ0) is 15.0. The second-order valence-electron chi connectivity index (χ2n) is 5.53. The molecule has 21 heavy (non-hydrogen) atoms. The van der Waals surface area contributed by atoms with Crippen LogP contribution in [0.5, 0.6) is 0 Å². The number of halogens is 2. The molecule has 0 saturated heterocycles. The van der Waals surface area contributed by atoms with E-state index in [9.17, 15) is 9.90 Å². The highest BCUT2D eigenvalue weighted by atomic mass is 35.5. The Kier molecular flexibility index (Phi) is 3.68. The van der Waals surface area contributed by atoms with Crippen molar-refractivity contribution in [3.05, 3.63) is 69.7 Å². The fourth-order valence-electron chi connectivity index (χ4n) is 3.13. The maximum absolute atomic E-state index is 11.8. The number of hydrogen-bond acceptors (Lipinski definition) is 1. The maximum Gasteiger partial charge on any atom is 0.314 e. The van der Waals surface area contributed by atoms with E-state index in [1.807, 2.05) is 30.3 Å². The lowest BCUT2D eigenvalue weighted by molar-refractivity contribution is -0.148. The average molecular weight is 321 g/mol. The number of rotatable bonds is 3. The lowest BCUT2D eigenvalue weighted by Gasteiger charge is -2.45. The smallest absolute Gasteiger partial charge is 0.314 e. The Bertz CT molecular complexity index is 676. The van der Waals surface area contributed by atoms with Crippen molar-refractivity contribution in [2.24, 2.45) is 0 Å². The Balaban J connectivity index is 1.93. The van der Waals surface area contributed by atoms with Crippen LogP contribution in [0.4, 0.5) is 0 Å². The van der Waals surface area contributed by atoms with E-state index >= 15 is 0 Å². The fraction of sp³-hybridized carbons (Fsp3) is 0.235. The van der Waals surface area contributed by atoms with Crippen LogP contribution in [0.25, 0.3) is 0 Å².